The van der Waals surface area contributed by atoms with Gasteiger partial charge in [-0.15, -0.1) is 0 Å². The van der Waals surface area contributed by atoms with E-state index in [4.69, 9.17) is 19.2 Å². The van der Waals surface area contributed by atoms with Gasteiger partial charge in [-0.1, -0.05) is 6.58 Å². The first-order valence-electron chi connectivity index (χ1n) is 2.24. The molecule has 0 aliphatic heterocycles. The standard InChI is InChI=1S/C4H6O2.3Na.H3O4P/c1-3-4(5)6-2;;;;1-5(2,3)4/h3H,1H2,2H3;;;;(H3,1,2,3,4)/q;3*+1;/p-3. The Balaban J connectivity index is -0.0000000321. The second kappa shape index (κ2) is 17.7. The Hall–Kier alpha value is 2.32. The summed E-state index contributed by atoms with van der Waals surface area (Å²) < 4.78 is 12.7. The monoisotopic (exact) mass is 250 g/mol. The topological polar surface area (TPSA) is 113 Å². The van der Waals surface area contributed by atoms with E-state index < -0.39 is 13.8 Å². The third-order valence-corrected chi connectivity index (χ3v) is 0.368. The number of phosphoric acid groups is 1. The van der Waals surface area contributed by atoms with E-state index in [1.807, 2.05) is 0 Å². The molecule has 0 spiro atoms. The van der Waals surface area contributed by atoms with Crippen molar-refractivity contribution in [1.82, 2.24) is 0 Å². The average molecular weight is 250 g/mol. The van der Waals surface area contributed by atoms with Crippen molar-refractivity contribution in [2.75, 3.05) is 7.11 Å². The minimum absolute atomic E-state index is 0. The zero-order valence-electron chi connectivity index (χ0n) is 8.68. The minimum atomic E-state index is -5.39. The number of methoxy groups -OCH3 is 1. The number of rotatable bonds is 1. The molecular weight excluding hydrogens is 244 g/mol. The first kappa shape index (κ1) is 29.9. The van der Waals surface area contributed by atoms with Crippen LogP contribution in [0.1, 0.15) is 0 Å². The van der Waals surface area contributed by atoms with Crippen LogP contribution in [-0.4, -0.2) is 13.1 Å². The van der Waals surface area contributed by atoms with Gasteiger partial charge >= 0.3 is 94.6 Å². The van der Waals surface area contributed by atoms with Gasteiger partial charge in [-0.05, 0) is 0 Å². The Kier molecular flexibility index (Phi) is 37.8. The second-order valence-electron chi connectivity index (χ2n) is 1.17. The van der Waals surface area contributed by atoms with Crippen LogP contribution in [0.4, 0.5) is 0 Å². The Morgan fingerprint density at radius 1 is 1.29 bits per heavy atom. The van der Waals surface area contributed by atoms with Crippen molar-refractivity contribution in [3.05, 3.63) is 12.7 Å². The molecule has 0 fully saturated rings. The molecular formula is C4H6Na3O6P. The molecule has 0 aliphatic carbocycles. The molecule has 0 aromatic heterocycles. The van der Waals surface area contributed by atoms with E-state index >= 15 is 0 Å². The quantitative estimate of drug-likeness (QED) is 0.197. The molecule has 0 aliphatic rings. The molecule has 0 heterocycles. The molecule has 66 valence electrons. The van der Waals surface area contributed by atoms with Crippen LogP contribution >= 0.6 is 7.82 Å². The maximum Gasteiger partial charge on any atom is 1.00 e. The zero-order valence-corrected chi connectivity index (χ0v) is 15.6. The Morgan fingerprint density at radius 2 is 1.50 bits per heavy atom. The van der Waals surface area contributed by atoms with Crippen molar-refractivity contribution >= 4 is 13.8 Å². The summed E-state index contributed by atoms with van der Waals surface area (Å²) in [6.07, 6.45) is 1.11. The van der Waals surface area contributed by atoms with Crippen LogP contribution in [0, 0.1) is 0 Å². The Bertz CT molecular complexity index is 172. The molecule has 0 saturated carbocycles. The van der Waals surface area contributed by atoms with Gasteiger partial charge in [0.15, 0.2) is 0 Å². The van der Waals surface area contributed by atoms with Crippen molar-refractivity contribution < 1.29 is 117 Å². The number of ether oxygens (including phenoxy) is 1. The first-order chi connectivity index (χ1) is 4.81. The van der Waals surface area contributed by atoms with Crippen LogP contribution in [0.5, 0.6) is 0 Å². The molecule has 0 N–H and O–H groups in total. The van der Waals surface area contributed by atoms with Crippen LogP contribution in [0.2, 0.25) is 0 Å². The smallest absolute Gasteiger partial charge is 0.822 e. The maximum absolute atomic E-state index is 9.84. The minimum Gasteiger partial charge on any atom is -0.822 e. The van der Waals surface area contributed by atoms with E-state index in [0.717, 1.165) is 6.08 Å². The number of hydrogen-bond acceptors (Lipinski definition) is 6. The van der Waals surface area contributed by atoms with Crippen molar-refractivity contribution in [3.63, 3.8) is 0 Å². The molecule has 0 bridgehead atoms. The molecule has 0 rings (SSSR count). The molecule has 0 saturated heterocycles. The summed E-state index contributed by atoms with van der Waals surface area (Å²) in [5.41, 5.74) is 0. The average Bonchev–Trinajstić information content (AvgIpc) is 1.83. The number of hydrogen-bond donors (Lipinski definition) is 0. The Morgan fingerprint density at radius 3 is 1.50 bits per heavy atom. The predicted molar refractivity (Wildman–Crippen MR) is 29.8 cm³/mol. The Labute approximate surface area is 149 Å². The van der Waals surface area contributed by atoms with Crippen LogP contribution < -0.4 is 103 Å². The number of esters is 1. The molecule has 0 radical (unpaired) electrons. The van der Waals surface area contributed by atoms with Crippen molar-refractivity contribution in [1.29, 1.82) is 0 Å². The van der Waals surface area contributed by atoms with Crippen molar-refractivity contribution in [2.24, 2.45) is 0 Å². The third-order valence-electron chi connectivity index (χ3n) is 0.368. The van der Waals surface area contributed by atoms with Gasteiger partial charge in [-0.3, -0.25) is 0 Å². The zero-order chi connectivity index (χ0) is 9.49. The van der Waals surface area contributed by atoms with Crippen LogP contribution in [0.3, 0.4) is 0 Å². The summed E-state index contributed by atoms with van der Waals surface area (Å²) in [7, 11) is -4.08. The fraction of sp³-hybridized carbons (Fsp3) is 0.250. The molecule has 10 heteroatoms. The summed E-state index contributed by atoms with van der Waals surface area (Å²) in [4.78, 5) is 35.5. The fourth-order valence-electron chi connectivity index (χ4n) is 0.0833. The van der Waals surface area contributed by atoms with E-state index in [0.29, 0.717) is 0 Å². The van der Waals surface area contributed by atoms with Gasteiger partial charge in [0.05, 0.1) is 7.11 Å². The number of carbonyl (C=O) groups is 1. The largest absolute Gasteiger partial charge is 1.00 e. The number of carbonyl (C=O) groups excluding carboxylic acids is 1. The van der Waals surface area contributed by atoms with E-state index in [2.05, 4.69) is 11.3 Å². The van der Waals surface area contributed by atoms with Crippen LogP contribution in [0.25, 0.3) is 0 Å². The molecule has 0 aromatic rings. The van der Waals surface area contributed by atoms with E-state index in [1.165, 1.54) is 7.11 Å². The van der Waals surface area contributed by atoms with Gasteiger partial charge in [0.25, 0.3) is 0 Å². The summed E-state index contributed by atoms with van der Waals surface area (Å²) in [5, 5.41) is 0. The fourth-order valence-corrected chi connectivity index (χ4v) is 0.0833. The van der Waals surface area contributed by atoms with Gasteiger partial charge in [0.1, 0.15) is 0 Å². The molecule has 0 unspecified atom stereocenters. The molecule has 0 amide bonds. The molecule has 14 heavy (non-hydrogen) atoms. The molecule has 0 atom stereocenters. The normalized spacial score (nSPS) is 7.14. The summed E-state index contributed by atoms with van der Waals surface area (Å²) in [6, 6.07) is 0. The maximum atomic E-state index is 9.84. The molecule has 0 aromatic carbocycles. The first-order valence-corrected chi connectivity index (χ1v) is 3.70. The van der Waals surface area contributed by atoms with Gasteiger partial charge in [0, 0.05) is 6.08 Å². The summed E-state index contributed by atoms with van der Waals surface area (Å²) in [5.74, 6) is -0.394. The van der Waals surface area contributed by atoms with Gasteiger partial charge in [-0.25, -0.2) is 4.79 Å². The van der Waals surface area contributed by atoms with Gasteiger partial charge < -0.3 is 24.0 Å². The SMILES string of the molecule is C=CC(=O)OC.O=P([O-])([O-])[O-].[Na+].[Na+].[Na+]. The predicted octanol–water partition coefficient (Wildman–Crippen LogP) is -11.5. The van der Waals surface area contributed by atoms with Crippen molar-refractivity contribution in [3.8, 4) is 0 Å². The van der Waals surface area contributed by atoms with E-state index in [9.17, 15) is 4.79 Å². The van der Waals surface area contributed by atoms with Gasteiger partial charge in [-0.2, -0.15) is 7.82 Å². The van der Waals surface area contributed by atoms with Crippen LogP contribution in [-0.2, 0) is 14.1 Å². The van der Waals surface area contributed by atoms with Gasteiger partial charge in [0.2, 0.25) is 0 Å². The van der Waals surface area contributed by atoms with E-state index in [-0.39, 0.29) is 88.7 Å². The molecule has 6 nitrogen and oxygen atoms in total. The van der Waals surface area contributed by atoms with Crippen LogP contribution in [0.15, 0.2) is 12.7 Å². The summed E-state index contributed by atoms with van der Waals surface area (Å²) >= 11 is 0. The van der Waals surface area contributed by atoms with Crippen molar-refractivity contribution in [2.45, 2.75) is 0 Å². The third kappa shape index (κ3) is 63.6. The second-order valence-corrected chi connectivity index (χ2v) is 2.07. The van der Waals surface area contributed by atoms with E-state index in [1.54, 1.807) is 0 Å². The summed E-state index contributed by atoms with van der Waals surface area (Å²) in [6.45, 7) is 3.16.